The number of aromatic carboxylic acids is 1. The lowest BCUT2D eigenvalue weighted by atomic mass is 9.90. The molecule has 3 amide bonds. The largest absolute Gasteiger partial charge is 0.545 e. The molecule has 48 heavy (non-hydrogen) atoms. The van der Waals surface area contributed by atoms with E-state index in [9.17, 15) is 24.3 Å². The number of alkyl carbamates (subject to hydrolysis) is 3. The minimum absolute atomic E-state index is 0.0119. The van der Waals surface area contributed by atoms with Gasteiger partial charge < -0.3 is 49.4 Å². The molecule has 0 saturated carbocycles. The van der Waals surface area contributed by atoms with Gasteiger partial charge in [0, 0.05) is 61.0 Å². The Morgan fingerprint density at radius 2 is 1.46 bits per heavy atom. The summed E-state index contributed by atoms with van der Waals surface area (Å²) in [5.41, 5.74) is 2.84. The lowest BCUT2D eigenvalue weighted by molar-refractivity contribution is -0.254. The molecule has 0 radical (unpaired) electrons. The maximum absolute atomic E-state index is 12.2. The lowest BCUT2D eigenvalue weighted by Crippen LogP contribution is -2.37. The first kappa shape index (κ1) is 34.8. The highest BCUT2D eigenvalue weighted by Gasteiger charge is 2.22. The van der Waals surface area contributed by atoms with Crippen molar-refractivity contribution >= 4 is 40.9 Å². The van der Waals surface area contributed by atoms with E-state index in [2.05, 4.69) is 22.5 Å². The average Bonchev–Trinajstić information content (AvgIpc) is 3.10. The van der Waals surface area contributed by atoms with Gasteiger partial charge >= 0.3 is 18.3 Å². The number of carboxylic acids is 1. The van der Waals surface area contributed by atoms with Crippen LogP contribution in [-0.4, -0.2) is 84.8 Å². The topological polar surface area (TPSA) is 175 Å². The molecule has 3 N–H and O–H groups in total. The van der Waals surface area contributed by atoms with Gasteiger partial charge in [-0.25, -0.2) is 19.0 Å². The van der Waals surface area contributed by atoms with Crippen LogP contribution >= 0.6 is 0 Å². The first-order valence-corrected chi connectivity index (χ1v) is 15.0. The number of carboxylic acid groups (broad SMARTS) is 1. The molecule has 0 unspecified atom stereocenters. The van der Waals surface area contributed by atoms with Gasteiger partial charge in [0.25, 0.3) is 0 Å². The zero-order valence-corrected chi connectivity index (χ0v) is 26.9. The summed E-state index contributed by atoms with van der Waals surface area (Å²) in [7, 11) is 4.39. The van der Waals surface area contributed by atoms with E-state index in [1.807, 2.05) is 28.8 Å². The Bertz CT molecular complexity index is 1830. The summed E-state index contributed by atoms with van der Waals surface area (Å²) in [5.74, 6) is -0.897. The second-order valence-corrected chi connectivity index (χ2v) is 10.2. The van der Waals surface area contributed by atoms with Crippen molar-refractivity contribution in [3.05, 3.63) is 84.4 Å². The van der Waals surface area contributed by atoms with Crippen LogP contribution in [0.4, 0.5) is 20.1 Å². The number of rotatable bonds is 13. The number of hydrogen-bond acceptors (Lipinski definition) is 10. The Kier molecular flexibility index (Phi) is 12.0. The lowest BCUT2D eigenvalue weighted by Gasteiger charge is -2.22. The zero-order valence-electron chi connectivity index (χ0n) is 26.9. The highest BCUT2D eigenvalue weighted by atomic mass is 16.6. The van der Waals surface area contributed by atoms with E-state index >= 15 is 0 Å². The average molecular weight is 660 g/mol. The number of nitrogens with zero attached hydrogens (tertiary/aromatic N) is 2. The Morgan fingerprint density at radius 1 is 0.833 bits per heavy atom. The molecular weight excluding hydrogens is 622 g/mol. The molecule has 0 fully saturated rings. The molecule has 0 bridgehead atoms. The van der Waals surface area contributed by atoms with Gasteiger partial charge in [-0.1, -0.05) is 30.8 Å². The molecule has 252 valence electrons. The van der Waals surface area contributed by atoms with Gasteiger partial charge in [0.2, 0.25) is 5.36 Å². The first-order chi connectivity index (χ1) is 23.2. The van der Waals surface area contributed by atoms with Gasteiger partial charge in [-0.05, 0) is 30.0 Å². The molecule has 1 heterocycles. The standard InChI is InChI=1S/C34H37N5O9/c1-5-38(14-17-45-32(42)35-2)22-10-12-26-28(20-22)48-29-21-23(39(15-18-46-33(43)36-3)16-19-47-34(44)37-4)11-13-27(29)30(26)24-8-6-7-9-25(24)31(40)41/h5-13,20-21H,1,14-19H2,2-4H3,(H3-,35,36,37,40,41,42,43,44). The van der Waals surface area contributed by atoms with E-state index in [0.29, 0.717) is 51.0 Å². The molecule has 0 spiro atoms. The molecule has 0 atom stereocenters. The monoisotopic (exact) mass is 659 g/mol. The minimum atomic E-state index is -1.33. The van der Waals surface area contributed by atoms with E-state index in [1.54, 1.807) is 41.4 Å². The number of nitrogens with one attached hydrogen (secondary N) is 3. The van der Waals surface area contributed by atoms with E-state index in [1.165, 1.54) is 27.2 Å². The highest BCUT2D eigenvalue weighted by Crippen LogP contribution is 2.42. The normalized spacial score (nSPS) is 10.6. The summed E-state index contributed by atoms with van der Waals surface area (Å²) in [6.45, 7) is 4.90. The smallest absolute Gasteiger partial charge is 0.407 e. The van der Waals surface area contributed by atoms with Crippen LogP contribution in [0.2, 0.25) is 0 Å². The fourth-order valence-corrected chi connectivity index (χ4v) is 5.06. The summed E-state index contributed by atoms with van der Waals surface area (Å²) in [6.07, 6.45) is -0.130. The fraction of sp³-hybridized carbons (Fsp3) is 0.265. The van der Waals surface area contributed by atoms with Crippen molar-refractivity contribution in [3.63, 3.8) is 0 Å². The Labute approximate surface area is 276 Å². The number of fused-ring (bicyclic) bond motifs is 2. The quantitative estimate of drug-likeness (QED) is 0.110. The number of anilines is 1. The number of benzene rings is 3. The predicted molar refractivity (Wildman–Crippen MR) is 176 cm³/mol. The zero-order chi connectivity index (χ0) is 34.6. The van der Waals surface area contributed by atoms with Crippen molar-refractivity contribution in [2.45, 2.75) is 0 Å². The van der Waals surface area contributed by atoms with Crippen molar-refractivity contribution in [1.82, 2.24) is 20.5 Å². The molecular formula is C34H37N5O9. The summed E-state index contributed by atoms with van der Waals surface area (Å²) in [4.78, 5) is 48.9. The van der Waals surface area contributed by atoms with E-state index in [4.69, 9.17) is 18.6 Å². The minimum Gasteiger partial charge on any atom is -0.545 e. The van der Waals surface area contributed by atoms with Crippen LogP contribution in [0.1, 0.15) is 10.4 Å². The molecule has 14 nitrogen and oxygen atoms in total. The number of carbonyl (C=O) groups is 4. The maximum atomic E-state index is 12.2. The molecule has 2 aliphatic rings. The third kappa shape index (κ3) is 8.40. The maximum Gasteiger partial charge on any atom is 0.407 e. The van der Waals surface area contributed by atoms with Gasteiger partial charge in [0.05, 0.1) is 18.6 Å². The predicted octanol–water partition coefficient (Wildman–Crippen LogP) is 2.36. The third-order valence-corrected chi connectivity index (χ3v) is 7.39. The summed E-state index contributed by atoms with van der Waals surface area (Å²) in [6, 6.07) is 17.5. The van der Waals surface area contributed by atoms with Gasteiger partial charge in [0.15, 0.2) is 26.3 Å². The second-order valence-electron chi connectivity index (χ2n) is 10.2. The molecule has 1 aliphatic carbocycles. The van der Waals surface area contributed by atoms with Crippen LogP contribution in [0.5, 0.6) is 0 Å². The SMILES string of the molecule is C=CN(CCOC(=O)NC)c1ccc2c(-c3ccccc3C(=O)[O-])c3ccc(=[N+](CCOC(=O)NC)CCOC(=O)NC)cc-3oc2c1. The number of amides is 3. The van der Waals surface area contributed by atoms with Gasteiger partial charge in [-0.15, -0.1) is 0 Å². The summed E-state index contributed by atoms with van der Waals surface area (Å²) >= 11 is 0. The van der Waals surface area contributed by atoms with Crippen LogP contribution < -0.4 is 35.9 Å². The summed E-state index contributed by atoms with van der Waals surface area (Å²) in [5, 5.41) is 20.7. The van der Waals surface area contributed by atoms with Crippen LogP contribution in [0, 0.1) is 0 Å². The summed E-state index contributed by atoms with van der Waals surface area (Å²) < 4.78 is 23.9. The molecule has 0 aromatic heterocycles. The number of hydrogen-bond donors (Lipinski definition) is 3. The number of ether oxygens (including phenoxy) is 3. The van der Waals surface area contributed by atoms with Crippen LogP contribution in [-0.2, 0) is 14.2 Å². The molecule has 14 heteroatoms. The van der Waals surface area contributed by atoms with Crippen molar-refractivity contribution in [3.8, 4) is 22.5 Å². The van der Waals surface area contributed by atoms with Gasteiger partial charge in [-0.2, -0.15) is 0 Å². The van der Waals surface area contributed by atoms with Crippen LogP contribution in [0.15, 0.2) is 77.9 Å². The van der Waals surface area contributed by atoms with E-state index < -0.39 is 24.2 Å². The molecule has 2 aromatic carbocycles. The van der Waals surface area contributed by atoms with Crippen molar-refractivity contribution < 1.29 is 42.9 Å². The third-order valence-electron chi connectivity index (χ3n) is 7.39. The second kappa shape index (κ2) is 16.5. The Balaban J connectivity index is 1.91. The van der Waals surface area contributed by atoms with E-state index in [-0.39, 0.29) is 38.5 Å². The molecule has 2 aromatic rings. The fourth-order valence-electron chi connectivity index (χ4n) is 5.06. The van der Waals surface area contributed by atoms with Gasteiger partial charge in [-0.3, -0.25) is 0 Å². The Morgan fingerprint density at radius 3 is 2.06 bits per heavy atom. The van der Waals surface area contributed by atoms with Crippen LogP contribution in [0.25, 0.3) is 33.4 Å². The van der Waals surface area contributed by atoms with Crippen molar-refractivity contribution in [1.29, 1.82) is 0 Å². The number of carbonyl (C=O) groups excluding carboxylic acids is 4. The first-order valence-electron chi connectivity index (χ1n) is 15.0. The Hall–Kier alpha value is -6.05. The molecule has 1 aliphatic heterocycles. The van der Waals surface area contributed by atoms with Crippen LogP contribution in [0.3, 0.4) is 0 Å². The van der Waals surface area contributed by atoms with Gasteiger partial charge in [0.1, 0.15) is 18.0 Å². The highest BCUT2D eigenvalue weighted by molar-refractivity contribution is 6.07. The van der Waals surface area contributed by atoms with E-state index in [0.717, 1.165) is 0 Å². The molecule has 4 rings (SSSR count). The van der Waals surface area contributed by atoms with Crippen molar-refractivity contribution in [2.24, 2.45) is 0 Å². The molecule has 0 saturated heterocycles. The van der Waals surface area contributed by atoms with Crippen molar-refractivity contribution in [2.75, 3.05) is 65.5 Å².